The van der Waals surface area contributed by atoms with Crippen molar-refractivity contribution in [3.63, 3.8) is 0 Å². The van der Waals surface area contributed by atoms with E-state index in [1.165, 1.54) is 0 Å². The third-order valence-electron chi connectivity index (χ3n) is 4.63. The van der Waals surface area contributed by atoms with Crippen LogP contribution in [0.2, 0.25) is 0 Å². The van der Waals surface area contributed by atoms with Crippen LogP contribution in [0.3, 0.4) is 0 Å². The van der Waals surface area contributed by atoms with Gasteiger partial charge in [0, 0.05) is 32.7 Å². The Bertz CT molecular complexity index is 744. The molecule has 0 atom stereocenters. The highest BCUT2D eigenvalue weighted by Crippen LogP contribution is 2.16. The topological polar surface area (TPSA) is 54.3 Å². The predicted molar refractivity (Wildman–Crippen MR) is 98.0 cm³/mol. The molecule has 1 aliphatic heterocycles. The molecule has 3 rings (SSSR count). The normalized spacial score (nSPS) is 15.8. The molecule has 0 bridgehead atoms. The molecule has 0 N–H and O–H groups in total. The van der Waals surface area contributed by atoms with Crippen LogP contribution in [0, 0.1) is 19.8 Å². The number of carbonyl (C=O) groups is 1. The Morgan fingerprint density at radius 3 is 2.52 bits per heavy atom. The fourth-order valence-corrected chi connectivity index (χ4v) is 3.33. The van der Waals surface area contributed by atoms with Crippen LogP contribution in [0.15, 0.2) is 24.3 Å². The number of benzene rings is 1. The molecular formula is C19H27N5O. The largest absolute Gasteiger partial charge is 0.335 e. The van der Waals surface area contributed by atoms with Crippen molar-refractivity contribution in [2.45, 2.75) is 27.7 Å². The van der Waals surface area contributed by atoms with Gasteiger partial charge in [0.2, 0.25) is 0 Å². The van der Waals surface area contributed by atoms with Crippen LogP contribution < -0.4 is 0 Å². The first-order valence-corrected chi connectivity index (χ1v) is 8.96. The Morgan fingerprint density at radius 2 is 1.88 bits per heavy atom. The molecule has 0 saturated carbocycles. The van der Waals surface area contributed by atoms with Gasteiger partial charge < -0.3 is 4.90 Å². The number of piperazine rings is 1. The summed E-state index contributed by atoms with van der Waals surface area (Å²) in [6.45, 7) is 12.8. The SMILES string of the molecule is Cc1cccc(-n2nnc(C(=O)N3CCN(CC(C)C)CC3)c2C)c1. The summed E-state index contributed by atoms with van der Waals surface area (Å²) in [4.78, 5) is 17.2. The van der Waals surface area contributed by atoms with Gasteiger partial charge in [-0.05, 0) is 37.5 Å². The van der Waals surface area contributed by atoms with Crippen LogP contribution in [0.1, 0.15) is 35.6 Å². The fraction of sp³-hybridized carbons (Fsp3) is 0.526. The third kappa shape index (κ3) is 3.90. The number of amides is 1. The summed E-state index contributed by atoms with van der Waals surface area (Å²) in [5.41, 5.74) is 3.34. The number of nitrogens with zero attached hydrogens (tertiary/aromatic N) is 5. The average molecular weight is 341 g/mol. The molecule has 2 heterocycles. The summed E-state index contributed by atoms with van der Waals surface area (Å²) < 4.78 is 1.75. The number of hydrogen-bond donors (Lipinski definition) is 0. The van der Waals surface area contributed by atoms with E-state index in [-0.39, 0.29) is 5.91 Å². The van der Waals surface area contributed by atoms with Crippen LogP contribution in [0.4, 0.5) is 0 Å². The highest BCUT2D eigenvalue weighted by atomic mass is 16.2. The number of hydrogen-bond acceptors (Lipinski definition) is 4. The molecule has 25 heavy (non-hydrogen) atoms. The summed E-state index contributed by atoms with van der Waals surface area (Å²) in [6, 6.07) is 8.05. The van der Waals surface area contributed by atoms with Gasteiger partial charge in [-0.2, -0.15) is 0 Å². The smallest absolute Gasteiger partial charge is 0.276 e. The quantitative estimate of drug-likeness (QED) is 0.856. The number of carbonyl (C=O) groups excluding carboxylic acids is 1. The van der Waals surface area contributed by atoms with E-state index in [4.69, 9.17) is 0 Å². The Morgan fingerprint density at radius 1 is 1.16 bits per heavy atom. The highest BCUT2D eigenvalue weighted by molar-refractivity contribution is 5.93. The van der Waals surface area contributed by atoms with Crippen molar-refractivity contribution >= 4 is 5.91 Å². The van der Waals surface area contributed by atoms with Crippen molar-refractivity contribution in [3.05, 3.63) is 41.2 Å². The van der Waals surface area contributed by atoms with Gasteiger partial charge in [-0.3, -0.25) is 9.69 Å². The highest BCUT2D eigenvalue weighted by Gasteiger charge is 2.26. The van der Waals surface area contributed by atoms with Gasteiger partial charge in [0.25, 0.3) is 5.91 Å². The molecular weight excluding hydrogens is 314 g/mol. The van der Waals surface area contributed by atoms with E-state index in [0.717, 1.165) is 49.7 Å². The van der Waals surface area contributed by atoms with Crippen molar-refractivity contribution in [2.75, 3.05) is 32.7 Å². The summed E-state index contributed by atoms with van der Waals surface area (Å²) in [5, 5.41) is 8.38. The van der Waals surface area contributed by atoms with Crippen LogP contribution in [0.5, 0.6) is 0 Å². The second-order valence-electron chi connectivity index (χ2n) is 7.26. The fourth-order valence-electron chi connectivity index (χ4n) is 3.33. The molecule has 1 aliphatic rings. The monoisotopic (exact) mass is 341 g/mol. The van der Waals surface area contributed by atoms with E-state index in [2.05, 4.69) is 29.1 Å². The van der Waals surface area contributed by atoms with Crippen molar-refractivity contribution in [1.29, 1.82) is 0 Å². The van der Waals surface area contributed by atoms with E-state index in [9.17, 15) is 4.79 Å². The van der Waals surface area contributed by atoms with Crippen LogP contribution in [0.25, 0.3) is 5.69 Å². The zero-order valence-electron chi connectivity index (χ0n) is 15.6. The minimum Gasteiger partial charge on any atom is -0.335 e. The minimum atomic E-state index is -0.0133. The Kier molecular flexibility index (Phi) is 5.18. The molecule has 2 aromatic rings. The lowest BCUT2D eigenvalue weighted by atomic mass is 10.2. The standard InChI is InChI=1S/C19H27N5O/c1-14(2)13-22-8-10-23(11-9-22)19(25)18-16(4)24(21-20-18)17-7-5-6-15(3)12-17/h5-7,12,14H,8-11,13H2,1-4H3. The lowest BCUT2D eigenvalue weighted by Gasteiger charge is -2.35. The van der Waals surface area contributed by atoms with Crippen LogP contribution >= 0.6 is 0 Å². The zero-order valence-corrected chi connectivity index (χ0v) is 15.6. The summed E-state index contributed by atoms with van der Waals surface area (Å²) in [6.07, 6.45) is 0. The lowest BCUT2D eigenvalue weighted by Crippen LogP contribution is -2.49. The van der Waals surface area contributed by atoms with Gasteiger partial charge in [0.1, 0.15) is 0 Å². The van der Waals surface area contributed by atoms with E-state index >= 15 is 0 Å². The summed E-state index contributed by atoms with van der Waals surface area (Å²) >= 11 is 0. The van der Waals surface area contributed by atoms with Gasteiger partial charge in [0.15, 0.2) is 5.69 Å². The zero-order chi connectivity index (χ0) is 18.0. The van der Waals surface area contributed by atoms with Gasteiger partial charge in [-0.25, -0.2) is 4.68 Å². The maximum absolute atomic E-state index is 12.9. The molecule has 0 spiro atoms. The molecule has 0 unspecified atom stereocenters. The van der Waals surface area contributed by atoms with Gasteiger partial charge in [0.05, 0.1) is 11.4 Å². The van der Waals surface area contributed by atoms with Gasteiger partial charge >= 0.3 is 0 Å². The molecule has 1 aromatic heterocycles. The molecule has 0 radical (unpaired) electrons. The third-order valence-corrected chi connectivity index (χ3v) is 4.63. The van der Waals surface area contributed by atoms with E-state index in [1.54, 1.807) is 4.68 Å². The molecule has 1 aromatic carbocycles. The van der Waals surface area contributed by atoms with Gasteiger partial charge in [-0.1, -0.05) is 31.2 Å². The lowest BCUT2D eigenvalue weighted by molar-refractivity contribution is 0.0617. The molecule has 0 aliphatic carbocycles. The molecule has 6 nitrogen and oxygen atoms in total. The van der Waals surface area contributed by atoms with E-state index in [1.807, 2.05) is 43.0 Å². The molecule has 1 fully saturated rings. The van der Waals surface area contributed by atoms with Gasteiger partial charge in [-0.15, -0.1) is 5.10 Å². The van der Waals surface area contributed by atoms with Crippen molar-refractivity contribution in [3.8, 4) is 5.69 Å². The molecule has 1 saturated heterocycles. The molecule has 134 valence electrons. The molecule has 6 heteroatoms. The number of aromatic nitrogens is 3. The number of aryl methyl sites for hydroxylation is 1. The van der Waals surface area contributed by atoms with Crippen molar-refractivity contribution in [1.82, 2.24) is 24.8 Å². The van der Waals surface area contributed by atoms with Crippen molar-refractivity contribution < 1.29 is 4.79 Å². The summed E-state index contributed by atoms with van der Waals surface area (Å²) in [5.74, 6) is 0.638. The minimum absolute atomic E-state index is 0.0133. The first kappa shape index (κ1) is 17.6. The Hall–Kier alpha value is -2.21. The van der Waals surface area contributed by atoms with Crippen LogP contribution in [-0.2, 0) is 0 Å². The first-order valence-electron chi connectivity index (χ1n) is 8.96. The van der Waals surface area contributed by atoms with Crippen LogP contribution in [-0.4, -0.2) is 63.4 Å². The van der Waals surface area contributed by atoms with E-state index < -0.39 is 0 Å². The summed E-state index contributed by atoms with van der Waals surface area (Å²) in [7, 11) is 0. The van der Waals surface area contributed by atoms with Crippen molar-refractivity contribution in [2.24, 2.45) is 5.92 Å². The maximum atomic E-state index is 12.9. The molecule has 1 amide bonds. The first-order chi connectivity index (χ1) is 12.0. The Balaban J connectivity index is 1.72. The predicted octanol–water partition coefficient (Wildman–Crippen LogP) is 2.30. The Labute approximate surface area is 149 Å². The number of rotatable bonds is 4. The second kappa shape index (κ2) is 7.35. The van der Waals surface area contributed by atoms with E-state index in [0.29, 0.717) is 11.6 Å². The maximum Gasteiger partial charge on any atom is 0.276 e. The average Bonchev–Trinajstić information content (AvgIpc) is 2.96. The second-order valence-corrected chi connectivity index (χ2v) is 7.26.